The number of nitrogens with one attached hydrogen (secondary N) is 2. The Labute approximate surface area is 94.2 Å². The van der Waals surface area contributed by atoms with Gasteiger partial charge in [-0.05, 0) is 18.2 Å². The van der Waals surface area contributed by atoms with Crippen LogP contribution in [-0.4, -0.2) is 12.5 Å². The van der Waals surface area contributed by atoms with E-state index in [-0.39, 0.29) is 5.91 Å². The van der Waals surface area contributed by atoms with E-state index in [9.17, 15) is 4.79 Å². The average molecular weight is 218 g/mol. The molecular weight excluding hydrogens is 204 g/mol. The Bertz CT molecular complexity index is 422. The molecule has 0 aliphatic heterocycles. The Morgan fingerprint density at radius 3 is 2.94 bits per heavy atom. The quantitative estimate of drug-likeness (QED) is 0.528. The predicted molar refractivity (Wildman–Crippen MR) is 63.9 cm³/mol. The first-order chi connectivity index (χ1) is 7.63. The fourth-order valence-electron chi connectivity index (χ4n) is 1.23. The van der Waals surface area contributed by atoms with E-state index in [1.807, 2.05) is 6.07 Å². The van der Waals surface area contributed by atoms with Gasteiger partial charge in [-0.15, -0.1) is 0 Å². The van der Waals surface area contributed by atoms with Crippen molar-refractivity contribution in [2.75, 3.05) is 22.9 Å². The molecule has 0 atom stereocenters. The fraction of sp³-hybridized carbons (Fsp3) is 0.273. The summed E-state index contributed by atoms with van der Waals surface area (Å²) in [5, 5.41) is 14.1. The van der Waals surface area contributed by atoms with Crippen molar-refractivity contribution in [3.05, 3.63) is 18.2 Å². The summed E-state index contributed by atoms with van der Waals surface area (Å²) in [6.45, 7) is 2.00. The SMILES string of the molecule is CC(=O)Nc1cc(NCCC#N)ccc1N. The molecule has 0 fully saturated rings. The van der Waals surface area contributed by atoms with Gasteiger partial charge in [-0.2, -0.15) is 5.26 Å². The highest BCUT2D eigenvalue weighted by atomic mass is 16.1. The summed E-state index contributed by atoms with van der Waals surface area (Å²) < 4.78 is 0. The van der Waals surface area contributed by atoms with Gasteiger partial charge in [0, 0.05) is 19.2 Å². The number of anilines is 3. The first-order valence-corrected chi connectivity index (χ1v) is 4.91. The summed E-state index contributed by atoms with van der Waals surface area (Å²) in [5.74, 6) is -0.166. The van der Waals surface area contributed by atoms with Gasteiger partial charge in [0.15, 0.2) is 0 Å². The number of carbonyl (C=O) groups excluding carboxylic acids is 1. The third-order valence-corrected chi connectivity index (χ3v) is 1.93. The molecule has 0 bridgehead atoms. The Morgan fingerprint density at radius 2 is 2.31 bits per heavy atom. The van der Waals surface area contributed by atoms with Gasteiger partial charge in [0.05, 0.1) is 23.9 Å². The molecule has 0 aromatic heterocycles. The second kappa shape index (κ2) is 5.61. The molecule has 0 aliphatic carbocycles. The molecule has 1 amide bonds. The molecule has 4 N–H and O–H groups in total. The number of nitrogens with two attached hydrogens (primary N) is 1. The molecule has 1 rings (SSSR count). The molecule has 0 heterocycles. The molecular formula is C11H14N4O. The average Bonchev–Trinajstić information content (AvgIpc) is 2.22. The second-order valence-corrected chi connectivity index (χ2v) is 3.32. The first kappa shape index (κ1) is 11.9. The van der Waals surface area contributed by atoms with Gasteiger partial charge in [0.1, 0.15) is 0 Å². The van der Waals surface area contributed by atoms with Crippen molar-refractivity contribution in [1.29, 1.82) is 5.26 Å². The maximum absolute atomic E-state index is 10.9. The molecule has 0 saturated carbocycles. The Hall–Kier alpha value is -2.22. The molecule has 0 unspecified atom stereocenters. The van der Waals surface area contributed by atoms with Crippen molar-refractivity contribution in [1.82, 2.24) is 0 Å². The number of nitriles is 1. The molecule has 84 valence electrons. The number of amides is 1. The van der Waals surface area contributed by atoms with Crippen molar-refractivity contribution in [3.63, 3.8) is 0 Å². The van der Waals surface area contributed by atoms with Gasteiger partial charge in [-0.3, -0.25) is 4.79 Å². The predicted octanol–water partition coefficient (Wildman–Crippen LogP) is 1.55. The molecule has 16 heavy (non-hydrogen) atoms. The molecule has 0 spiro atoms. The van der Waals surface area contributed by atoms with Gasteiger partial charge in [-0.1, -0.05) is 0 Å². The van der Waals surface area contributed by atoms with Crippen LogP contribution in [0.1, 0.15) is 13.3 Å². The summed E-state index contributed by atoms with van der Waals surface area (Å²) in [7, 11) is 0. The maximum Gasteiger partial charge on any atom is 0.221 e. The highest BCUT2D eigenvalue weighted by molar-refractivity contribution is 5.93. The van der Waals surface area contributed by atoms with Crippen LogP contribution in [0.5, 0.6) is 0 Å². The Kier molecular flexibility index (Phi) is 4.16. The lowest BCUT2D eigenvalue weighted by molar-refractivity contribution is -0.114. The lowest BCUT2D eigenvalue weighted by Gasteiger charge is -2.09. The van der Waals surface area contributed by atoms with Crippen molar-refractivity contribution in [2.24, 2.45) is 0 Å². The van der Waals surface area contributed by atoms with Crippen LogP contribution < -0.4 is 16.4 Å². The minimum absolute atomic E-state index is 0.166. The van der Waals surface area contributed by atoms with E-state index in [2.05, 4.69) is 10.6 Å². The highest BCUT2D eigenvalue weighted by Crippen LogP contribution is 2.22. The van der Waals surface area contributed by atoms with Crippen LogP contribution in [0.15, 0.2) is 18.2 Å². The molecule has 0 aliphatic rings. The third kappa shape index (κ3) is 3.50. The molecule has 5 nitrogen and oxygen atoms in total. The topological polar surface area (TPSA) is 90.9 Å². The Morgan fingerprint density at radius 1 is 1.56 bits per heavy atom. The van der Waals surface area contributed by atoms with Crippen LogP contribution in [0.2, 0.25) is 0 Å². The smallest absolute Gasteiger partial charge is 0.221 e. The minimum Gasteiger partial charge on any atom is -0.397 e. The van der Waals surface area contributed by atoms with Crippen LogP contribution in [0, 0.1) is 11.3 Å². The fourth-order valence-corrected chi connectivity index (χ4v) is 1.23. The van der Waals surface area contributed by atoms with E-state index in [1.54, 1.807) is 18.2 Å². The molecule has 0 saturated heterocycles. The molecule has 5 heteroatoms. The lowest BCUT2D eigenvalue weighted by Crippen LogP contribution is -2.09. The number of nitrogen functional groups attached to an aromatic ring is 1. The van der Waals surface area contributed by atoms with Gasteiger partial charge in [-0.25, -0.2) is 0 Å². The molecule has 1 aromatic rings. The summed E-state index contributed by atoms with van der Waals surface area (Å²) in [4.78, 5) is 10.9. The first-order valence-electron chi connectivity index (χ1n) is 4.91. The van der Waals surface area contributed by atoms with E-state index in [1.165, 1.54) is 6.92 Å². The Balaban J connectivity index is 2.73. The van der Waals surface area contributed by atoms with Crippen LogP contribution in [-0.2, 0) is 4.79 Å². The molecule has 1 aromatic carbocycles. The van der Waals surface area contributed by atoms with E-state index in [4.69, 9.17) is 11.0 Å². The number of hydrogen-bond donors (Lipinski definition) is 3. The zero-order valence-corrected chi connectivity index (χ0v) is 9.08. The minimum atomic E-state index is -0.166. The number of carbonyl (C=O) groups is 1. The van der Waals surface area contributed by atoms with Gasteiger partial charge >= 0.3 is 0 Å². The lowest BCUT2D eigenvalue weighted by atomic mass is 10.2. The van der Waals surface area contributed by atoms with Gasteiger partial charge < -0.3 is 16.4 Å². The van der Waals surface area contributed by atoms with E-state index in [0.717, 1.165) is 5.69 Å². The number of benzene rings is 1. The normalized spacial score (nSPS) is 9.25. The second-order valence-electron chi connectivity index (χ2n) is 3.32. The van der Waals surface area contributed by atoms with Crippen molar-refractivity contribution in [3.8, 4) is 6.07 Å². The standard InChI is InChI=1S/C11H14N4O/c1-8(16)15-11-7-9(3-4-10(11)13)14-6-2-5-12/h3-4,7,14H,2,6,13H2,1H3,(H,15,16). The highest BCUT2D eigenvalue weighted by Gasteiger charge is 2.02. The third-order valence-electron chi connectivity index (χ3n) is 1.93. The largest absolute Gasteiger partial charge is 0.397 e. The summed E-state index contributed by atoms with van der Waals surface area (Å²) in [6.07, 6.45) is 0.430. The van der Waals surface area contributed by atoms with Gasteiger partial charge in [0.25, 0.3) is 0 Å². The summed E-state index contributed by atoms with van der Waals surface area (Å²) >= 11 is 0. The zero-order chi connectivity index (χ0) is 12.0. The maximum atomic E-state index is 10.9. The van der Waals surface area contributed by atoms with Crippen LogP contribution in [0.25, 0.3) is 0 Å². The van der Waals surface area contributed by atoms with E-state index >= 15 is 0 Å². The molecule has 0 radical (unpaired) electrons. The van der Waals surface area contributed by atoms with E-state index < -0.39 is 0 Å². The van der Waals surface area contributed by atoms with Crippen LogP contribution >= 0.6 is 0 Å². The van der Waals surface area contributed by atoms with Gasteiger partial charge in [0.2, 0.25) is 5.91 Å². The summed E-state index contributed by atoms with van der Waals surface area (Å²) in [5.41, 5.74) is 7.62. The van der Waals surface area contributed by atoms with E-state index in [0.29, 0.717) is 24.3 Å². The summed E-state index contributed by atoms with van der Waals surface area (Å²) in [6, 6.07) is 7.30. The number of hydrogen-bond acceptors (Lipinski definition) is 4. The number of rotatable bonds is 4. The van der Waals surface area contributed by atoms with Crippen LogP contribution in [0.3, 0.4) is 0 Å². The monoisotopic (exact) mass is 218 g/mol. The van der Waals surface area contributed by atoms with Crippen molar-refractivity contribution >= 4 is 23.0 Å². The zero-order valence-electron chi connectivity index (χ0n) is 9.08. The van der Waals surface area contributed by atoms with Crippen molar-refractivity contribution < 1.29 is 4.79 Å². The van der Waals surface area contributed by atoms with Crippen molar-refractivity contribution in [2.45, 2.75) is 13.3 Å². The number of nitrogens with zero attached hydrogens (tertiary/aromatic N) is 1. The van der Waals surface area contributed by atoms with Crippen LogP contribution in [0.4, 0.5) is 17.1 Å².